The maximum atomic E-state index is 14.0. The molecule has 0 spiro atoms. The first-order valence-electron chi connectivity index (χ1n) is 10.1. The molecule has 1 aromatic carbocycles. The molecule has 8 nitrogen and oxygen atoms in total. The molecule has 0 saturated carbocycles. The van der Waals surface area contributed by atoms with Gasteiger partial charge in [-0.25, -0.2) is 23.3 Å². The molecule has 1 aliphatic rings. The van der Waals surface area contributed by atoms with Crippen molar-refractivity contribution in [2.24, 2.45) is 11.8 Å². The lowest BCUT2D eigenvalue weighted by atomic mass is 9.92. The number of rotatable bonds is 4. The smallest absolute Gasteiger partial charge is 0.350 e. The van der Waals surface area contributed by atoms with Crippen LogP contribution in [0.3, 0.4) is 0 Å². The largest absolute Gasteiger partial charge is 0.353 e. The van der Waals surface area contributed by atoms with Crippen molar-refractivity contribution in [3.63, 3.8) is 0 Å². The molecule has 0 radical (unpaired) electrons. The fraction of sp³-hybridized carbons (Fsp3) is 0.429. The molecular formula is C21H25FN6O2. The number of nitrogens with zero attached hydrogens (tertiary/aromatic N) is 5. The standard InChI is InChI=1S/C21H25FN6O2/c1-13-4-5-17(16(22)9-13)24-18(29)12-28-21(30)27-7-6-23-19(20(27)25-28)26-10-14(2)8-15(3)11-26/h4-7,9,14-15H,8,10-12H2,1-3H3,(H,24,29)/t14-,15+. The highest BCUT2D eigenvalue weighted by molar-refractivity contribution is 5.90. The molecule has 3 aromatic rings. The quantitative estimate of drug-likeness (QED) is 0.712. The minimum Gasteiger partial charge on any atom is -0.353 e. The summed E-state index contributed by atoms with van der Waals surface area (Å²) in [6.45, 7) is 7.52. The summed E-state index contributed by atoms with van der Waals surface area (Å²) in [4.78, 5) is 31.8. The van der Waals surface area contributed by atoms with Crippen LogP contribution in [0.25, 0.3) is 5.65 Å². The van der Waals surface area contributed by atoms with Gasteiger partial charge in [0.05, 0.1) is 5.69 Å². The lowest BCUT2D eigenvalue weighted by molar-refractivity contribution is -0.117. The molecular weight excluding hydrogens is 387 g/mol. The second-order valence-electron chi connectivity index (χ2n) is 8.27. The Balaban J connectivity index is 1.60. The number of hydrogen-bond donors (Lipinski definition) is 1. The number of aromatic nitrogens is 4. The van der Waals surface area contributed by atoms with E-state index in [2.05, 4.69) is 34.1 Å². The van der Waals surface area contributed by atoms with Crippen LogP contribution in [-0.2, 0) is 11.3 Å². The second kappa shape index (κ2) is 7.89. The fourth-order valence-electron chi connectivity index (χ4n) is 4.14. The van der Waals surface area contributed by atoms with Gasteiger partial charge < -0.3 is 10.2 Å². The topological polar surface area (TPSA) is 84.5 Å². The van der Waals surface area contributed by atoms with Crippen molar-refractivity contribution >= 4 is 23.1 Å². The number of aryl methyl sites for hydroxylation is 1. The number of anilines is 2. The van der Waals surface area contributed by atoms with E-state index < -0.39 is 17.4 Å². The van der Waals surface area contributed by atoms with Gasteiger partial charge in [-0.05, 0) is 42.9 Å². The van der Waals surface area contributed by atoms with Crippen molar-refractivity contribution in [2.45, 2.75) is 33.7 Å². The van der Waals surface area contributed by atoms with Gasteiger partial charge in [-0.15, -0.1) is 5.10 Å². The first kappa shape index (κ1) is 20.1. The Kier molecular flexibility index (Phi) is 5.27. The molecule has 1 fully saturated rings. The molecule has 30 heavy (non-hydrogen) atoms. The van der Waals surface area contributed by atoms with Crippen LogP contribution in [0.1, 0.15) is 25.8 Å². The third-order valence-electron chi connectivity index (χ3n) is 5.34. The van der Waals surface area contributed by atoms with E-state index in [0.717, 1.165) is 29.8 Å². The maximum absolute atomic E-state index is 14.0. The molecule has 158 valence electrons. The number of nitrogens with one attached hydrogen (secondary N) is 1. The molecule has 9 heteroatoms. The molecule has 0 bridgehead atoms. The minimum atomic E-state index is -0.530. The normalized spacial score (nSPS) is 19.3. The summed E-state index contributed by atoms with van der Waals surface area (Å²) in [7, 11) is 0. The summed E-state index contributed by atoms with van der Waals surface area (Å²) in [5.41, 5.74) is 0.800. The van der Waals surface area contributed by atoms with Gasteiger partial charge in [0.15, 0.2) is 5.82 Å². The van der Waals surface area contributed by atoms with Crippen LogP contribution in [-0.4, -0.2) is 38.2 Å². The van der Waals surface area contributed by atoms with Crippen LogP contribution in [0.15, 0.2) is 35.4 Å². The van der Waals surface area contributed by atoms with E-state index in [9.17, 15) is 14.0 Å². The van der Waals surface area contributed by atoms with Crippen LogP contribution < -0.4 is 15.9 Å². The minimum absolute atomic E-state index is 0.0704. The number of carbonyl (C=O) groups excluding carboxylic acids is 1. The van der Waals surface area contributed by atoms with Crippen molar-refractivity contribution in [3.05, 3.63) is 52.5 Å². The average Bonchev–Trinajstić information content (AvgIpc) is 2.99. The van der Waals surface area contributed by atoms with Crippen LogP contribution >= 0.6 is 0 Å². The second-order valence-corrected chi connectivity index (χ2v) is 8.27. The maximum Gasteiger partial charge on any atom is 0.350 e. The summed E-state index contributed by atoms with van der Waals surface area (Å²) in [6, 6.07) is 4.54. The monoisotopic (exact) mass is 412 g/mol. The Labute approximate surface area is 173 Å². The molecule has 0 unspecified atom stereocenters. The highest BCUT2D eigenvalue weighted by Gasteiger charge is 2.26. The number of halogens is 1. The highest BCUT2D eigenvalue weighted by Crippen LogP contribution is 2.26. The molecule has 0 aliphatic carbocycles. The number of amides is 1. The number of fused-ring (bicyclic) bond motifs is 1. The summed E-state index contributed by atoms with van der Waals surface area (Å²) in [6.07, 6.45) is 4.26. The predicted octanol–water partition coefficient (Wildman–Crippen LogP) is 2.46. The van der Waals surface area contributed by atoms with Gasteiger partial charge in [0.25, 0.3) is 0 Å². The SMILES string of the molecule is Cc1ccc(NC(=O)Cn2nc3c(N4C[C@H](C)C[C@H](C)C4)nccn3c2=O)c(F)c1. The summed E-state index contributed by atoms with van der Waals surface area (Å²) in [5, 5.41) is 6.86. The first-order valence-corrected chi connectivity index (χ1v) is 10.1. The molecule has 1 aliphatic heterocycles. The Morgan fingerprint density at radius 1 is 1.27 bits per heavy atom. The summed E-state index contributed by atoms with van der Waals surface area (Å²) >= 11 is 0. The Hall–Kier alpha value is -3.23. The predicted molar refractivity (Wildman–Crippen MR) is 112 cm³/mol. The lowest BCUT2D eigenvalue weighted by Crippen LogP contribution is -2.39. The molecule has 2 aromatic heterocycles. The Morgan fingerprint density at radius 2 is 2.00 bits per heavy atom. The molecule has 2 atom stereocenters. The first-order chi connectivity index (χ1) is 14.3. The highest BCUT2D eigenvalue weighted by atomic mass is 19.1. The Bertz CT molecular complexity index is 1140. The van der Waals surface area contributed by atoms with Gasteiger partial charge in [0.1, 0.15) is 12.4 Å². The van der Waals surface area contributed by atoms with Crippen molar-refractivity contribution in [1.29, 1.82) is 0 Å². The number of benzene rings is 1. The summed E-state index contributed by atoms with van der Waals surface area (Å²) < 4.78 is 16.5. The molecule has 1 N–H and O–H groups in total. The lowest BCUT2D eigenvalue weighted by Gasteiger charge is -2.35. The van der Waals surface area contributed by atoms with E-state index in [4.69, 9.17) is 0 Å². The van der Waals surface area contributed by atoms with Gasteiger partial charge in [0, 0.05) is 25.5 Å². The number of piperidine rings is 1. The van der Waals surface area contributed by atoms with Gasteiger partial charge in [-0.1, -0.05) is 19.9 Å². The third-order valence-corrected chi connectivity index (χ3v) is 5.34. The number of hydrogen-bond acceptors (Lipinski definition) is 5. The molecule has 1 amide bonds. The van der Waals surface area contributed by atoms with E-state index in [0.29, 0.717) is 23.3 Å². The van der Waals surface area contributed by atoms with Crippen molar-refractivity contribution in [2.75, 3.05) is 23.3 Å². The van der Waals surface area contributed by atoms with Crippen molar-refractivity contribution in [1.82, 2.24) is 19.2 Å². The van der Waals surface area contributed by atoms with Crippen LogP contribution in [0.2, 0.25) is 0 Å². The van der Waals surface area contributed by atoms with Crippen molar-refractivity contribution < 1.29 is 9.18 Å². The molecule has 4 rings (SSSR count). The van der Waals surface area contributed by atoms with Crippen LogP contribution in [0, 0.1) is 24.6 Å². The number of carbonyl (C=O) groups is 1. The van der Waals surface area contributed by atoms with Crippen LogP contribution in [0.4, 0.5) is 15.9 Å². The van der Waals surface area contributed by atoms with Crippen molar-refractivity contribution in [3.8, 4) is 0 Å². The van der Waals surface area contributed by atoms with E-state index >= 15 is 0 Å². The van der Waals surface area contributed by atoms with E-state index in [1.807, 2.05) is 0 Å². The zero-order valence-corrected chi connectivity index (χ0v) is 17.3. The van der Waals surface area contributed by atoms with Gasteiger partial charge in [-0.2, -0.15) is 0 Å². The zero-order chi connectivity index (χ0) is 21.4. The Morgan fingerprint density at radius 3 is 2.70 bits per heavy atom. The van der Waals surface area contributed by atoms with E-state index in [1.165, 1.54) is 16.5 Å². The van der Waals surface area contributed by atoms with Gasteiger partial charge >= 0.3 is 5.69 Å². The van der Waals surface area contributed by atoms with E-state index in [1.54, 1.807) is 25.4 Å². The van der Waals surface area contributed by atoms with Gasteiger partial charge in [0.2, 0.25) is 11.6 Å². The van der Waals surface area contributed by atoms with Crippen LogP contribution in [0.5, 0.6) is 0 Å². The zero-order valence-electron chi connectivity index (χ0n) is 17.3. The molecule has 3 heterocycles. The van der Waals surface area contributed by atoms with E-state index in [-0.39, 0.29) is 12.2 Å². The summed E-state index contributed by atoms with van der Waals surface area (Å²) in [5.74, 6) is 0.611. The fourth-order valence-corrected chi connectivity index (χ4v) is 4.14. The van der Waals surface area contributed by atoms with Gasteiger partial charge in [-0.3, -0.25) is 4.79 Å². The molecule has 1 saturated heterocycles. The third kappa shape index (κ3) is 3.92. The average molecular weight is 412 g/mol.